The van der Waals surface area contributed by atoms with Gasteiger partial charge in [-0.2, -0.15) is 5.26 Å². The van der Waals surface area contributed by atoms with Gasteiger partial charge in [0.2, 0.25) is 0 Å². The molecule has 0 bridgehead atoms. The highest BCUT2D eigenvalue weighted by atomic mass is 15.1. The van der Waals surface area contributed by atoms with Crippen LogP contribution in [0, 0.1) is 18.3 Å². The van der Waals surface area contributed by atoms with Crippen LogP contribution in [-0.4, -0.2) is 19.1 Å². The van der Waals surface area contributed by atoms with Gasteiger partial charge in [-0.15, -0.1) is 0 Å². The molecule has 0 unspecified atom stereocenters. The Hall–Kier alpha value is -4.17. The van der Waals surface area contributed by atoms with Gasteiger partial charge in [-0.1, -0.05) is 43.3 Å². The van der Waals surface area contributed by atoms with Crippen LogP contribution in [0.1, 0.15) is 35.9 Å². The molecule has 5 aromatic rings. The molecule has 5 rings (SSSR count). The number of rotatable bonds is 6. The first kappa shape index (κ1) is 21.7. The third-order valence-electron chi connectivity index (χ3n) is 6.31. The first-order valence-corrected chi connectivity index (χ1v) is 11.7. The highest BCUT2D eigenvalue weighted by molar-refractivity contribution is 5.87. The summed E-state index contributed by atoms with van der Waals surface area (Å²) in [5, 5.41) is 8.77. The number of para-hydroxylation sites is 2. The van der Waals surface area contributed by atoms with Crippen molar-refractivity contribution in [2.45, 2.75) is 33.2 Å². The van der Waals surface area contributed by atoms with Crippen molar-refractivity contribution in [2.75, 3.05) is 0 Å². The van der Waals surface area contributed by atoms with Crippen LogP contribution in [0.4, 0.5) is 0 Å². The van der Waals surface area contributed by atoms with E-state index in [2.05, 4.69) is 84.6 Å². The zero-order chi connectivity index (χ0) is 23.7. The molecule has 2 heterocycles. The van der Waals surface area contributed by atoms with E-state index in [0.29, 0.717) is 0 Å². The van der Waals surface area contributed by atoms with E-state index in [9.17, 15) is 0 Å². The van der Waals surface area contributed by atoms with Gasteiger partial charge in [-0.3, -0.25) is 0 Å². The Morgan fingerprint density at radius 3 is 2.53 bits per heavy atom. The number of fused-ring (bicyclic) bond motifs is 2. The Labute approximate surface area is 199 Å². The zero-order valence-corrected chi connectivity index (χ0v) is 19.8. The third kappa shape index (κ3) is 3.88. The number of hydrogen-bond acceptors (Lipinski definition) is 3. The van der Waals surface area contributed by atoms with Crippen molar-refractivity contribution in [1.82, 2.24) is 19.1 Å². The van der Waals surface area contributed by atoms with Gasteiger partial charge in [0.1, 0.15) is 11.6 Å². The van der Waals surface area contributed by atoms with E-state index in [4.69, 9.17) is 15.2 Å². The van der Waals surface area contributed by atoms with Crippen LogP contribution in [0.2, 0.25) is 0 Å². The third-order valence-corrected chi connectivity index (χ3v) is 6.31. The molecule has 0 N–H and O–H groups in total. The zero-order valence-electron chi connectivity index (χ0n) is 19.8. The Morgan fingerprint density at radius 1 is 1.00 bits per heavy atom. The van der Waals surface area contributed by atoms with E-state index in [0.717, 1.165) is 69.8 Å². The van der Waals surface area contributed by atoms with Crippen molar-refractivity contribution >= 4 is 28.1 Å². The van der Waals surface area contributed by atoms with E-state index in [1.165, 1.54) is 11.6 Å². The molecular formula is C29H27N5. The van der Waals surface area contributed by atoms with Crippen LogP contribution in [-0.2, 0) is 20.0 Å². The smallest absolute Gasteiger partial charge is 0.140 e. The van der Waals surface area contributed by atoms with E-state index in [-0.39, 0.29) is 0 Å². The van der Waals surface area contributed by atoms with Gasteiger partial charge in [0.05, 0.1) is 28.1 Å². The van der Waals surface area contributed by atoms with Crippen molar-refractivity contribution in [1.29, 1.82) is 5.26 Å². The fraction of sp³-hybridized carbons (Fsp3) is 0.207. The Bertz CT molecular complexity index is 1560. The van der Waals surface area contributed by atoms with Crippen LogP contribution < -0.4 is 0 Å². The number of aromatic nitrogens is 4. The number of nitrogens with zero attached hydrogens (tertiary/aromatic N) is 5. The van der Waals surface area contributed by atoms with Crippen LogP contribution in [0.3, 0.4) is 0 Å². The van der Waals surface area contributed by atoms with Crippen LogP contribution >= 0.6 is 0 Å². The Balaban J connectivity index is 1.62. The van der Waals surface area contributed by atoms with Crippen molar-refractivity contribution in [3.63, 3.8) is 0 Å². The van der Waals surface area contributed by atoms with Gasteiger partial charge < -0.3 is 9.13 Å². The van der Waals surface area contributed by atoms with E-state index >= 15 is 0 Å². The van der Waals surface area contributed by atoms with E-state index in [1.54, 1.807) is 0 Å². The highest BCUT2D eigenvalue weighted by Crippen LogP contribution is 2.30. The largest absolute Gasteiger partial charge is 0.327 e. The van der Waals surface area contributed by atoms with Gasteiger partial charge in [0.15, 0.2) is 0 Å². The molecule has 168 valence electrons. The molecule has 0 fully saturated rings. The van der Waals surface area contributed by atoms with E-state index in [1.807, 2.05) is 18.2 Å². The summed E-state index contributed by atoms with van der Waals surface area (Å²) in [5.74, 6) is 2.07. The number of imidazole rings is 2. The second-order valence-corrected chi connectivity index (χ2v) is 8.71. The van der Waals surface area contributed by atoms with E-state index < -0.39 is 0 Å². The summed E-state index contributed by atoms with van der Waals surface area (Å²) < 4.78 is 4.51. The summed E-state index contributed by atoms with van der Waals surface area (Å²) in [7, 11) is 2.08. The molecule has 0 aliphatic heterocycles. The molecule has 0 saturated carbocycles. The standard InChI is InChI=1S/C29H27N5/c1-4-8-27-32-28-20(2)17-23(29-31-24-10-5-6-11-25(24)33(29)3)18-26(28)34(27)19-22-14-12-21(13-15-22)9-7-16-30/h5-7,9-15,17-18H,4,8,19H2,1-3H3/b9-7+. The minimum atomic E-state index is 0.750. The summed E-state index contributed by atoms with van der Waals surface area (Å²) in [4.78, 5) is 9.97. The lowest BCUT2D eigenvalue weighted by atomic mass is 10.1. The second-order valence-electron chi connectivity index (χ2n) is 8.71. The van der Waals surface area contributed by atoms with Crippen molar-refractivity contribution in [3.05, 3.63) is 89.3 Å². The van der Waals surface area contributed by atoms with Crippen LogP contribution in [0.15, 0.2) is 66.7 Å². The lowest BCUT2D eigenvalue weighted by molar-refractivity contribution is 0.722. The minimum Gasteiger partial charge on any atom is -0.327 e. The van der Waals surface area contributed by atoms with Crippen LogP contribution in [0.5, 0.6) is 0 Å². The lowest BCUT2D eigenvalue weighted by Crippen LogP contribution is -2.05. The number of nitriles is 1. The second kappa shape index (κ2) is 8.99. The van der Waals surface area contributed by atoms with Crippen molar-refractivity contribution < 1.29 is 0 Å². The average molecular weight is 446 g/mol. The first-order valence-electron chi connectivity index (χ1n) is 11.7. The quantitative estimate of drug-likeness (QED) is 0.283. The molecule has 0 aliphatic rings. The normalized spacial score (nSPS) is 11.6. The first-order chi connectivity index (χ1) is 16.6. The SMILES string of the molecule is CCCc1nc2c(C)cc(-c3nc4ccccc4n3C)cc2n1Cc1ccc(/C=C/C#N)cc1. The van der Waals surface area contributed by atoms with Gasteiger partial charge in [-0.05, 0) is 60.4 Å². The molecule has 34 heavy (non-hydrogen) atoms. The monoisotopic (exact) mass is 445 g/mol. The molecule has 0 radical (unpaired) electrons. The lowest BCUT2D eigenvalue weighted by Gasteiger charge is -2.11. The molecule has 3 aromatic carbocycles. The molecule has 0 atom stereocenters. The molecule has 5 nitrogen and oxygen atoms in total. The number of aryl methyl sites for hydroxylation is 3. The minimum absolute atomic E-state index is 0.750. The summed E-state index contributed by atoms with van der Waals surface area (Å²) in [6.45, 7) is 5.08. The number of hydrogen-bond donors (Lipinski definition) is 0. The Morgan fingerprint density at radius 2 is 1.79 bits per heavy atom. The summed E-state index contributed by atoms with van der Waals surface area (Å²) in [5.41, 5.74) is 8.81. The Kier molecular flexibility index (Phi) is 5.73. The van der Waals surface area contributed by atoms with Crippen molar-refractivity contribution in [3.8, 4) is 17.5 Å². The topological polar surface area (TPSA) is 59.4 Å². The van der Waals surface area contributed by atoms with Gasteiger partial charge >= 0.3 is 0 Å². The van der Waals surface area contributed by atoms with Gasteiger partial charge in [0, 0.05) is 31.7 Å². The number of allylic oxidation sites excluding steroid dienone is 1. The fourth-order valence-electron chi connectivity index (χ4n) is 4.61. The maximum atomic E-state index is 8.77. The average Bonchev–Trinajstić information content (AvgIpc) is 3.37. The maximum absolute atomic E-state index is 8.77. The van der Waals surface area contributed by atoms with Crippen molar-refractivity contribution in [2.24, 2.45) is 7.05 Å². The highest BCUT2D eigenvalue weighted by Gasteiger charge is 2.17. The predicted octanol–water partition coefficient (Wildman–Crippen LogP) is 6.44. The molecule has 0 aliphatic carbocycles. The fourth-order valence-corrected chi connectivity index (χ4v) is 4.61. The summed E-state index contributed by atoms with van der Waals surface area (Å²) in [6, 6.07) is 23.1. The summed E-state index contributed by atoms with van der Waals surface area (Å²) >= 11 is 0. The van der Waals surface area contributed by atoms with Crippen LogP contribution in [0.25, 0.3) is 39.5 Å². The van der Waals surface area contributed by atoms with Gasteiger partial charge in [0.25, 0.3) is 0 Å². The molecule has 0 saturated heterocycles. The van der Waals surface area contributed by atoms with Gasteiger partial charge in [-0.25, -0.2) is 9.97 Å². The molecule has 0 spiro atoms. The molecular weight excluding hydrogens is 418 g/mol. The summed E-state index contributed by atoms with van der Waals surface area (Å²) in [6.07, 6.45) is 5.30. The number of benzene rings is 3. The molecule has 5 heteroatoms. The maximum Gasteiger partial charge on any atom is 0.140 e. The molecule has 0 amide bonds. The predicted molar refractivity (Wildman–Crippen MR) is 138 cm³/mol. The molecule has 2 aromatic heterocycles.